The van der Waals surface area contributed by atoms with E-state index in [2.05, 4.69) is 196 Å². The third kappa shape index (κ3) is 4.23. The van der Waals surface area contributed by atoms with Crippen molar-refractivity contribution in [2.75, 3.05) is 0 Å². The Morgan fingerprint density at radius 3 is 1.55 bits per heavy atom. The molecule has 0 heterocycles. The molecular weight excluding hydrogens is 661 g/mol. The van der Waals surface area contributed by atoms with Crippen LogP contribution in [0, 0.1) is 0 Å². The molecule has 3 aliphatic rings. The van der Waals surface area contributed by atoms with Crippen LogP contribution in [0.3, 0.4) is 0 Å². The summed E-state index contributed by atoms with van der Waals surface area (Å²) in [5.41, 5.74) is 21.9. The van der Waals surface area contributed by atoms with Gasteiger partial charge in [0, 0.05) is 17.3 Å². The van der Waals surface area contributed by atoms with E-state index in [-0.39, 0.29) is 17.3 Å². The molecule has 0 saturated carbocycles. The number of benzene rings is 9. The van der Waals surface area contributed by atoms with Crippen LogP contribution >= 0.6 is 0 Å². The molecule has 0 amide bonds. The number of hydrogen-bond acceptors (Lipinski definition) is 0. The first-order chi connectivity index (χ1) is 27.1. The average Bonchev–Trinajstić information content (AvgIpc) is 3.82. The lowest BCUT2D eigenvalue weighted by Gasteiger charge is -2.27. The molecular formula is C55H38. The molecule has 0 spiro atoms. The molecule has 0 N–H and O–H groups in total. The van der Waals surface area contributed by atoms with Crippen LogP contribution in [0.4, 0.5) is 0 Å². The lowest BCUT2D eigenvalue weighted by Crippen LogP contribution is -2.18. The van der Waals surface area contributed by atoms with Crippen molar-refractivity contribution in [3.05, 3.63) is 226 Å². The van der Waals surface area contributed by atoms with Crippen molar-refractivity contribution in [1.29, 1.82) is 0 Å². The van der Waals surface area contributed by atoms with Crippen molar-refractivity contribution in [2.45, 2.75) is 31.1 Å². The topological polar surface area (TPSA) is 0 Å². The Balaban J connectivity index is 1.06. The predicted octanol–water partition coefficient (Wildman–Crippen LogP) is 14.3. The largest absolute Gasteiger partial charge is 0.0619 e. The fourth-order valence-electron chi connectivity index (χ4n) is 10.9. The van der Waals surface area contributed by atoms with Crippen LogP contribution in [0.25, 0.3) is 66.1 Å². The summed E-state index contributed by atoms with van der Waals surface area (Å²) in [6.07, 6.45) is 0. The highest BCUT2D eigenvalue weighted by Crippen LogP contribution is 2.59. The third-order valence-corrected chi connectivity index (χ3v) is 13.2. The minimum absolute atomic E-state index is 0.112. The van der Waals surface area contributed by atoms with Crippen molar-refractivity contribution in [3.63, 3.8) is 0 Å². The highest BCUT2D eigenvalue weighted by molar-refractivity contribution is 5.96. The summed E-state index contributed by atoms with van der Waals surface area (Å²) in [6.45, 7) is 4.86. The Hall–Kier alpha value is -6.50. The Labute approximate surface area is 322 Å². The summed E-state index contributed by atoms with van der Waals surface area (Å²) in [5, 5.41) is 5.25. The SMILES string of the molecule is CC1(C)c2ccccc2-c2ccc3c(c21)C(c1cccc2ccccc12)c1ccc(-c2ccc4c(c2)-c2ccccc2C4c2cccc4ccccc24)cc1-3. The van der Waals surface area contributed by atoms with E-state index in [1.165, 1.54) is 111 Å². The molecule has 0 radical (unpaired) electrons. The number of fused-ring (bicyclic) bond motifs is 12. The molecule has 55 heavy (non-hydrogen) atoms. The minimum atomic E-state index is -0.112. The highest BCUT2D eigenvalue weighted by Gasteiger charge is 2.43. The zero-order valence-electron chi connectivity index (χ0n) is 31.0. The lowest BCUT2D eigenvalue weighted by molar-refractivity contribution is 0.651. The van der Waals surface area contributed by atoms with Gasteiger partial charge in [-0.15, -0.1) is 0 Å². The Morgan fingerprint density at radius 1 is 0.345 bits per heavy atom. The second-order valence-electron chi connectivity index (χ2n) is 16.3. The van der Waals surface area contributed by atoms with Crippen molar-refractivity contribution in [1.82, 2.24) is 0 Å². The fourth-order valence-corrected chi connectivity index (χ4v) is 10.9. The molecule has 2 unspecified atom stereocenters. The van der Waals surface area contributed by atoms with Crippen LogP contribution in [0.1, 0.15) is 70.2 Å². The highest BCUT2D eigenvalue weighted by atomic mass is 14.5. The first-order valence-corrected chi connectivity index (χ1v) is 19.7. The van der Waals surface area contributed by atoms with E-state index in [0.717, 1.165) is 0 Å². The first kappa shape index (κ1) is 30.9. The lowest BCUT2D eigenvalue weighted by atomic mass is 9.75. The standard InChI is InChI=1S/C55H38/c1-55(2)50-24-10-9-20-40(50)47-30-29-46-49-32-36(26-28-45(49)52(53(46)54(47)55)42-23-12-16-34-14-4-6-18-38(34)42)35-25-27-44-48(31-35)39-19-7-8-21-43(39)51(44)41-22-11-15-33-13-3-5-17-37(33)41/h3-32,51-52H,1-2H3. The van der Waals surface area contributed by atoms with Crippen molar-refractivity contribution < 1.29 is 0 Å². The summed E-state index contributed by atoms with van der Waals surface area (Å²) >= 11 is 0. The van der Waals surface area contributed by atoms with Crippen LogP contribution in [0.2, 0.25) is 0 Å². The molecule has 0 heteroatoms. The molecule has 0 saturated heterocycles. The van der Waals surface area contributed by atoms with E-state index in [1.807, 2.05) is 0 Å². The molecule has 9 aromatic carbocycles. The van der Waals surface area contributed by atoms with E-state index in [1.54, 1.807) is 0 Å². The van der Waals surface area contributed by atoms with E-state index in [0.29, 0.717) is 0 Å². The second-order valence-corrected chi connectivity index (χ2v) is 16.3. The summed E-state index contributed by atoms with van der Waals surface area (Å²) in [4.78, 5) is 0. The fraction of sp³-hybridized carbons (Fsp3) is 0.0909. The summed E-state index contributed by atoms with van der Waals surface area (Å²) in [7, 11) is 0. The van der Waals surface area contributed by atoms with Gasteiger partial charge in [0.15, 0.2) is 0 Å². The van der Waals surface area contributed by atoms with Gasteiger partial charge in [-0.25, -0.2) is 0 Å². The maximum absolute atomic E-state index is 2.49. The van der Waals surface area contributed by atoms with Gasteiger partial charge in [0.1, 0.15) is 0 Å². The van der Waals surface area contributed by atoms with Crippen LogP contribution in [0.15, 0.2) is 182 Å². The van der Waals surface area contributed by atoms with Gasteiger partial charge in [0.25, 0.3) is 0 Å². The molecule has 0 bridgehead atoms. The summed E-state index contributed by atoms with van der Waals surface area (Å²) < 4.78 is 0. The van der Waals surface area contributed by atoms with Gasteiger partial charge in [0.2, 0.25) is 0 Å². The van der Waals surface area contributed by atoms with Gasteiger partial charge in [-0.2, -0.15) is 0 Å². The minimum Gasteiger partial charge on any atom is -0.0619 e. The van der Waals surface area contributed by atoms with Crippen LogP contribution in [-0.4, -0.2) is 0 Å². The van der Waals surface area contributed by atoms with Gasteiger partial charge in [-0.1, -0.05) is 184 Å². The smallest absolute Gasteiger partial charge is 0.0361 e. The Morgan fingerprint density at radius 2 is 0.836 bits per heavy atom. The molecule has 2 atom stereocenters. The monoisotopic (exact) mass is 698 g/mol. The average molecular weight is 699 g/mol. The number of hydrogen-bond donors (Lipinski definition) is 0. The third-order valence-electron chi connectivity index (χ3n) is 13.2. The molecule has 0 fully saturated rings. The maximum Gasteiger partial charge on any atom is 0.0361 e. The molecule has 0 aliphatic heterocycles. The zero-order valence-corrected chi connectivity index (χ0v) is 31.0. The second kappa shape index (κ2) is 11.3. The van der Waals surface area contributed by atoms with E-state index in [9.17, 15) is 0 Å². The zero-order chi connectivity index (χ0) is 36.4. The van der Waals surface area contributed by atoms with Gasteiger partial charge in [0.05, 0.1) is 0 Å². The van der Waals surface area contributed by atoms with Crippen LogP contribution in [0.5, 0.6) is 0 Å². The molecule has 0 aromatic heterocycles. The van der Waals surface area contributed by atoms with Crippen LogP contribution in [-0.2, 0) is 5.41 Å². The normalized spacial score (nSPS) is 16.7. The van der Waals surface area contributed by atoms with E-state index in [4.69, 9.17) is 0 Å². The Bertz CT molecular complexity index is 3070. The van der Waals surface area contributed by atoms with Crippen molar-refractivity contribution in [3.8, 4) is 44.5 Å². The van der Waals surface area contributed by atoms with Crippen molar-refractivity contribution >= 4 is 21.5 Å². The van der Waals surface area contributed by atoms with E-state index < -0.39 is 0 Å². The van der Waals surface area contributed by atoms with Crippen LogP contribution < -0.4 is 0 Å². The summed E-state index contributed by atoms with van der Waals surface area (Å²) in [6, 6.07) is 68.9. The Kier molecular flexibility index (Phi) is 6.33. The quantitative estimate of drug-likeness (QED) is 0.172. The van der Waals surface area contributed by atoms with Gasteiger partial charge >= 0.3 is 0 Å². The van der Waals surface area contributed by atoms with E-state index >= 15 is 0 Å². The molecule has 12 rings (SSSR count). The van der Waals surface area contributed by atoms with Crippen molar-refractivity contribution in [2.24, 2.45) is 0 Å². The summed E-state index contributed by atoms with van der Waals surface area (Å²) in [5.74, 6) is 0.344. The van der Waals surface area contributed by atoms with Gasteiger partial charge < -0.3 is 0 Å². The molecule has 258 valence electrons. The maximum atomic E-state index is 2.49. The predicted molar refractivity (Wildman–Crippen MR) is 230 cm³/mol. The number of rotatable bonds is 3. The molecule has 9 aromatic rings. The molecule has 0 nitrogen and oxygen atoms in total. The van der Waals surface area contributed by atoms with Gasteiger partial charge in [-0.05, 0) is 123 Å². The molecule has 3 aliphatic carbocycles. The first-order valence-electron chi connectivity index (χ1n) is 19.7. The van der Waals surface area contributed by atoms with Gasteiger partial charge in [-0.3, -0.25) is 0 Å².